The van der Waals surface area contributed by atoms with Crippen molar-refractivity contribution in [1.29, 1.82) is 0 Å². The van der Waals surface area contributed by atoms with E-state index in [0.29, 0.717) is 12.8 Å². The predicted octanol–water partition coefficient (Wildman–Crippen LogP) is 0.413. The van der Waals surface area contributed by atoms with Gasteiger partial charge in [0, 0.05) is 6.92 Å². The molecule has 0 heterocycles. The molecule has 62 valence electrons. The molecule has 1 aliphatic rings. The van der Waals surface area contributed by atoms with Crippen molar-refractivity contribution in [3.05, 3.63) is 0 Å². The second-order valence-corrected chi connectivity index (χ2v) is 2.67. The van der Waals surface area contributed by atoms with Gasteiger partial charge < -0.3 is 9.84 Å². The summed E-state index contributed by atoms with van der Waals surface area (Å²) in [5, 5.41) is 8.53. The Morgan fingerprint density at radius 2 is 2.09 bits per heavy atom. The lowest BCUT2D eigenvalue weighted by Gasteiger charge is -2.32. The van der Waals surface area contributed by atoms with E-state index in [0.717, 1.165) is 0 Å². The molecular weight excluding hydrogens is 148 g/mol. The van der Waals surface area contributed by atoms with E-state index < -0.39 is 17.9 Å². The molecular formula is C7H10O4. The minimum atomic E-state index is -0.873. The first-order valence-corrected chi connectivity index (χ1v) is 3.51. The van der Waals surface area contributed by atoms with Crippen molar-refractivity contribution < 1.29 is 19.4 Å². The van der Waals surface area contributed by atoms with Gasteiger partial charge in [-0.3, -0.25) is 9.59 Å². The normalized spacial score (nSPS) is 28.8. The van der Waals surface area contributed by atoms with E-state index in [1.54, 1.807) is 0 Å². The van der Waals surface area contributed by atoms with Crippen molar-refractivity contribution in [1.82, 2.24) is 0 Å². The number of rotatable bonds is 2. The Balaban J connectivity index is 2.37. The molecule has 0 spiro atoms. The maximum Gasteiger partial charge on any atom is 0.310 e. The second kappa shape index (κ2) is 2.90. The summed E-state index contributed by atoms with van der Waals surface area (Å²) in [5.41, 5.74) is 0. The van der Waals surface area contributed by atoms with Crippen LogP contribution < -0.4 is 0 Å². The maximum absolute atomic E-state index is 10.4. The van der Waals surface area contributed by atoms with Gasteiger partial charge in [0.25, 0.3) is 0 Å². The van der Waals surface area contributed by atoms with Gasteiger partial charge in [-0.2, -0.15) is 0 Å². The Hall–Kier alpha value is -1.06. The predicted molar refractivity (Wildman–Crippen MR) is 35.9 cm³/mol. The zero-order valence-electron chi connectivity index (χ0n) is 6.24. The van der Waals surface area contributed by atoms with E-state index >= 15 is 0 Å². The highest BCUT2D eigenvalue weighted by Crippen LogP contribution is 2.30. The van der Waals surface area contributed by atoms with E-state index in [-0.39, 0.29) is 6.10 Å². The van der Waals surface area contributed by atoms with Crippen LogP contribution in [0.3, 0.4) is 0 Å². The zero-order valence-corrected chi connectivity index (χ0v) is 6.24. The number of aliphatic carboxylic acids is 1. The highest BCUT2D eigenvalue weighted by Gasteiger charge is 2.38. The van der Waals surface area contributed by atoms with Gasteiger partial charge in [0.1, 0.15) is 6.10 Å². The summed E-state index contributed by atoms with van der Waals surface area (Å²) in [4.78, 5) is 20.8. The molecule has 0 aromatic rings. The third kappa shape index (κ3) is 1.69. The number of carbonyl (C=O) groups excluding carboxylic acids is 1. The fourth-order valence-electron chi connectivity index (χ4n) is 1.11. The Kier molecular flexibility index (Phi) is 2.12. The molecule has 0 aliphatic heterocycles. The highest BCUT2D eigenvalue weighted by molar-refractivity contribution is 5.73. The molecule has 1 rings (SSSR count). The fraction of sp³-hybridized carbons (Fsp3) is 0.714. The first kappa shape index (κ1) is 8.04. The molecule has 0 bridgehead atoms. The van der Waals surface area contributed by atoms with Gasteiger partial charge in [0.05, 0.1) is 5.92 Å². The average Bonchev–Trinajstić information content (AvgIpc) is 1.78. The van der Waals surface area contributed by atoms with Crippen LogP contribution in [0.5, 0.6) is 0 Å². The van der Waals surface area contributed by atoms with E-state index in [1.807, 2.05) is 0 Å². The summed E-state index contributed by atoms with van der Waals surface area (Å²) in [5.74, 6) is -1.75. The van der Waals surface area contributed by atoms with E-state index in [1.165, 1.54) is 6.92 Å². The Morgan fingerprint density at radius 3 is 2.36 bits per heavy atom. The van der Waals surface area contributed by atoms with Crippen molar-refractivity contribution in [3.63, 3.8) is 0 Å². The standard InChI is InChI=1S/C7H10O4/c1-4(8)11-6-3-2-5(6)7(9)10/h5-6H,2-3H2,1H3,(H,9,10)/t5-,6+/m1/s1. The van der Waals surface area contributed by atoms with E-state index in [2.05, 4.69) is 0 Å². The topological polar surface area (TPSA) is 63.6 Å². The quantitative estimate of drug-likeness (QED) is 0.591. The van der Waals surface area contributed by atoms with E-state index in [4.69, 9.17) is 9.84 Å². The molecule has 1 N–H and O–H groups in total. The minimum Gasteiger partial charge on any atom is -0.481 e. The molecule has 1 saturated carbocycles. The van der Waals surface area contributed by atoms with Crippen LogP contribution in [0.2, 0.25) is 0 Å². The van der Waals surface area contributed by atoms with Crippen molar-refractivity contribution in [3.8, 4) is 0 Å². The molecule has 0 amide bonds. The molecule has 0 radical (unpaired) electrons. The van der Waals surface area contributed by atoms with Gasteiger partial charge in [0.15, 0.2) is 0 Å². The van der Waals surface area contributed by atoms with Crippen LogP contribution in [0.4, 0.5) is 0 Å². The van der Waals surface area contributed by atoms with Crippen LogP contribution >= 0.6 is 0 Å². The lowest BCUT2D eigenvalue weighted by molar-refractivity contribution is -0.165. The number of carboxylic acid groups (broad SMARTS) is 1. The Bertz CT molecular complexity index is 187. The van der Waals surface area contributed by atoms with Crippen molar-refractivity contribution >= 4 is 11.9 Å². The summed E-state index contributed by atoms with van der Waals surface area (Å²) in [6.07, 6.45) is 0.911. The van der Waals surface area contributed by atoms with Gasteiger partial charge in [-0.25, -0.2) is 0 Å². The summed E-state index contributed by atoms with van der Waals surface area (Å²) >= 11 is 0. The highest BCUT2D eigenvalue weighted by atomic mass is 16.5. The molecule has 2 atom stereocenters. The number of hydrogen-bond acceptors (Lipinski definition) is 3. The van der Waals surface area contributed by atoms with Gasteiger partial charge in [0.2, 0.25) is 0 Å². The third-order valence-corrected chi connectivity index (χ3v) is 1.85. The second-order valence-electron chi connectivity index (χ2n) is 2.67. The van der Waals surface area contributed by atoms with Crippen molar-refractivity contribution in [2.45, 2.75) is 25.9 Å². The first-order chi connectivity index (χ1) is 5.11. The van der Waals surface area contributed by atoms with Gasteiger partial charge in [-0.05, 0) is 12.8 Å². The SMILES string of the molecule is CC(=O)O[C@H]1CC[C@H]1C(=O)O. The van der Waals surface area contributed by atoms with Crippen LogP contribution in [-0.2, 0) is 14.3 Å². The third-order valence-electron chi connectivity index (χ3n) is 1.85. The number of carbonyl (C=O) groups is 2. The van der Waals surface area contributed by atoms with Crippen LogP contribution in [-0.4, -0.2) is 23.1 Å². The van der Waals surface area contributed by atoms with E-state index in [9.17, 15) is 9.59 Å². The van der Waals surface area contributed by atoms with Crippen molar-refractivity contribution in [2.75, 3.05) is 0 Å². The number of hydrogen-bond donors (Lipinski definition) is 1. The molecule has 1 aliphatic carbocycles. The molecule has 0 aromatic carbocycles. The fourth-order valence-corrected chi connectivity index (χ4v) is 1.11. The number of carboxylic acids is 1. The molecule has 0 aromatic heterocycles. The average molecular weight is 158 g/mol. The van der Waals surface area contributed by atoms with Gasteiger partial charge >= 0.3 is 11.9 Å². The van der Waals surface area contributed by atoms with Gasteiger partial charge in [-0.15, -0.1) is 0 Å². The summed E-state index contributed by atoms with van der Waals surface area (Å²) in [6, 6.07) is 0. The lowest BCUT2D eigenvalue weighted by Crippen LogP contribution is -2.40. The Labute approximate surface area is 64.2 Å². The number of ether oxygens (including phenoxy) is 1. The minimum absolute atomic E-state index is 0.384. The molecule has 0 saturated heterocycles. The van der Waals surface area contributed by atoms with Crippen LogP contribution in [0.25, 0.3) is 0 Å². The largest absolute Gasteiger partial charge is 0.481 e. The molecule has 11 heavy (non-hydrogen) atoms. The molecule has 4 heteroatoms. The van der Waals surface area contributed by atoms with Crippen molar-refractivity contribution in [2.24, 2.45) is 5.92 Å². The molecule has 4 nitrogen and oxygen atoms in total. The number of esters is 1. The zero-order chi connectivity index (χ0) is 8.43. The first-order valence-electron chi connectivity index (χ1n) is 3.51. The van der Waals surface area contributed by atoms with Crippen LogP contribution in [0, 0.1) is 5.92 Å². The summed E-state index contributed by atoms with van der Waals surface area (Å²) in [7, 11) is 0. The molecule has 0 unspecified atom stereocenters. The Morgan fingerprint density at radius 1 is 1.45 bits per heavy atom. The summed E-state index contributed by atoms with van der Waals surface area (Å²) in [6.45, 7) is 1.29. The smallest absolute Gasteiger partial charge is 0.310 e. The van der Waals surface area contributed by atoms with Gasteiger partial charge in [-0.1, -0.05) is 0 Å². The molecule has 1 fully saturated rings. The van der Waals surface area contributed by atoms with Crippen LogP contribution in [0.1, 0.15) is 19.8 Å². The summed E-state index contributed by atoms with van der Waals surface area (Å²) < 4.78 is 4.74. The maximum atomic E-state index is 10.4. The lowest BCUT2D eigenvalue weighted by atomic mass is 9.82. The monoisotopic (exact) mass is 158 g/mol. The van der Waals surface area contributed by atoms with Crippen LogP contribution in [0.15, 0.2) is 0 Å².